The number of fused-ring (bicyclic) bond motifs is 1. The summed E-state index contributed by atoms with van der Waals surface area (Å²) in [5.41, 5.74) is 0.123. The van der Waals surface area contributed by atoms with Gasteiger partial charge in [0.05, 0.1) is 24.0 Å². The highest BCUT2D eigenvalue weighted by molar-refractivity contribution is 5.94. The number of carbonyl (C=O) groups excluding carboxylic acids is 1. The van der Waals surface area contributed by atoms with Crippen LogP contribution in [0.2, 0.25) is 0 Å². The molecular formula is C28H29FN6O4. The van der Waals surface area contributed by atoms with Gasteiger partial charge in [-0.15, -0.1) is 0 Å². The Morgan fingerprint density at radius 3 is 2.46 bits per heavy atom. The van der Waals surface area contributed by atoms with Crippen molar-refractivity contribution in [3.05, 3.63) is 82.8 Å². The van der Waals surface area contributed by atoms with E-state index in [9.17, 15) is 19.1 Å². The molecule has 202 valence electrons. The van der Waals surface area contributed by atoms with Gasteiger partial charge in [-0.1, -0.05) is 0 Å². The van der Waals surface area contributed by atoms with Gasteiger partial charge in [-0.2, -0.15) is 5.10 Å². The van der Waals surface area contributed by atoms with E-state index in [0.717, 1.165) is 24.5 Å². The fourth-order valence-electron chi connectivity index (χ4n) is 5.20. The molecule has 4 heterocycles. The summed E-state index contributed by atoms with van der Waals surface area (Å²) in [7, 11) is 2.05. The van der Waals surface area contributed by atoms with Gasteiger partial charge >= 0.3 is 0 Å². The smallest absolute Gasteiger partial charge is 0.264 e. The largest absolute Gasteiger partial charge is 0.488 e. The average molecular weight is 533 g/mol. The normalized spacial score (nSPS) is 17.8. The maximum Gasteiger partial charge on any atom is 0.264 e. The molecule has 4 aromatic rings. The molecule has 2 aliphatic rings. The summed E-state index contributed by atoms with van der Waals surface area (Å²) in [5, 5.41) is 16.0. The molecule has 10 nitrogen and oxygen atoms in total. The van der Waals surface area contributed by atoms with Crippen LogP contribution in [0.15, 0.2) is 65.8 Å². The van der Waals surface area contributed by atoms with Gasteiger partial charge in [-0.05, 0) is 68.4 Å². The van der Waals surface area contributed by atoms with Crippen LogP contribution in [0.1, 0.15) is 23.2 Å². The molecule has 2 aromatic carbocycles. The number of nitrogens with zero attached hydrogens (tertiary/aromatic N) is 6. The quantitative estimate of drug-likeness (QED) is 0.405. The van der Waals surface area contributed by atoms with Crippen molar-refractivity contribution in [3.8, 4) is 11.4 Å². The molecule has 39 heavy (non-hydrogen) atoms. The Morgan fingerprint density at radius 2 is 1.79 bits per heavy atom. The first kappa shape index (κ1) is 25.2. The lowest BCUT2D eigenvalue weighted by Crippen LogP contribution is -2.51. The second-order valence-electron chi connectivity index (χ2n) is 10.4. The highest BCUT2D eigenvalue weighted by Crippen LogP contribution is 2.26. The highest BCUT2D eigenvalue weighted by Gasteiger charge is 2.35. The maximum atomic E-state index is 13.3. The lowest BCUT2D eigenvalue weighted by molar-refractivity contribution is -0.0299. The number of aromatic nitrogens is 4. The number of hydrogen-bond acceptors (Lipinski definition) is 7. The van der Waals surface area contributed by atoms with E-state index in [1.165, 1.54) is 41.4 Å². The van der Waals surface area contributed by atoms with Gasteiger partial charge in [0.25, 0.3) is 11.5 Å². The van der Waals surface area contributed by atoms with Crippen LogP contribution in [-0.2, 0) is 6.54 Å². The Morgan fingerprint density at radius 1 is 1.10 bits per heavy atom. The van der Waals surface area contributed by atoms with Crippen molar-refractivity contribution in [2.45, 2.75) is 31.1 Å². The standard InChI is InChI=1S/C28H29FN6O4/c1-32-15-23(16-32)39-22-8-6-21(7-9-22)35-25-24(14-31-35)27(37)34(18-30-25)17-28(38)10-12-33(13-11-28)26(36)19-2-4-20(29)5-3-19/h2-9,14,18,23,38H,10-13,15-17H2,1H3. The summed E-state index contributed by atoms with van der Waals surface area (Å²) in [6, 6.07) is 12.9. The zero-order chi connectivity index (χ0) is 27.1. The second-order valence-corrected chi connectivity index (χ2v) is 10.4. The number of ether oxygens (including phenoxy) is 1. The number of carbonyl (C=O) groups is 1. The molecule has 1 amide bonds. The number of piperidine rings is 1. The third kappa shape index (κ3) is 5.02. The molecule has 1 N–H and O–H groups in total. The van der Waals surface area contributed by atoms with E-state index in [1.54, 1.807) is 9.58 Å². The van der Waals surface area contributed by atoms with Crippen molar-refractivity contribution < 1.29 is 19.0 Å². The molecule has 0 spiro atoms. The van der Waals surface area contributed by atoms with Crippen LogP contribution in [0.3, 0.4) is 0 Å². The molecule has 2 fully saturated rings. The summed E-state index contributed by atoms with van der Waals surface area (Å²) >= 11 is 0. The molecule has 2 aromatic heterocycles. The van der Waals surface area contributed by atoms with Gasteiger partial charge in [0.1, 0.15) is 29.4 Å². The molecule has 6 rings (SSSR count). The second kappa shape index (κ2) is 9.90. The van der Waals surface area contributed by atoms with E-state index in [4.69, 9.17) is 4.74 Å². The first-order valence-corrected chi connectivity index (χ1v) is 12.9. The summed E-state index contributed by atoms with van der Waals surface area (Å²) in [4.78, 5) is 34.3. The monoisotopic (exact) mass is 532 g/mol. The van der Waals surface area contributed by atoms with Gasteiger partial charge in [-0.25, -0.2) is 14.1 Å². The summed E-state index contributed by atoms with van der Waals surface area (Å²) < 4.78 is 22.1. The van der Waals surface area contributed by atoms with Crippen molar-refractivity contribution in [3.63, 3.8) is 0 Å². The predicted octanol–water partition coefficient (Wildman–Crippen LogP) is 2.08. The number of halogens is 1. The van der Waals surface area contributed by atoms with E-state index in [0.29, 0.717) is 42.5 Å². The third-order valence-corrected chi connectivity index (χ3v) is 7.51. The summed E-state index contributed by atoms with van der Waals surface area (Å²) in [6.45, 7) is 2.52. The Bertz CT molecular complexity index is 1550. The SMILES string of the molecule is CN1CC(Oc2ccc(-n3ncc4c(=O)n(CC5(O)CCN(C(=O)c6ccc(F)cc6)CC5)cnc43)cc2)C1. The van der Waals surface area contributed by atoms with Gasteiger partial charge in [0.15, 0.2) is 5.65 Å². The number of aliphatic hydroxyl groups is 1. The molecule has 2 saturated heterocycles. The fourth-order valence-corrected chi connectivity index (χ4v) is 5.20. The lowest BCUT2D eigenvalue weighted by atomic mass is 9.91. The van der Waals surface area contributed by atoms with Crippen LogP contribution in [0, 0.1) is 5.82 Å². The van der Waals surface area contributed by atoms with Crippen molar-refractivity contribution in [2.24, 2.45) is 0 Å². The Balaban J connectivity index is 1.13. The van der Waals surface area contributed by atoms with Crippen LogP contribution in [0.5, 0.6) is 5.75 Å². The number of amides is 1. The number of rotatable bonds is 6. The topological polar surface area (TPSA) is 106 Å². The van der Waals surface area contributed by atoms with Gasteiger partial charge in [0.2, 0.25) is 0 Å². The van der Waals surface area contributed by atoms with Crippen LogP contribution >= 0.6 is 0 Å². The number of benzene rings is 2. The third-order valence-electron chi connectivity index (χ3n) is 7.51. The predicted molar refractivity (Wildman–Crippen MR) is 142 cm³/mol. The van der Waals surface area contributed by atoms with Gasteiger partial charge in [0, 0.05) is 31.7 Å². The molecule has 11 heteroatoms. The number of likely N-dealkylation sites (tertiary alicyclic amines) is 2. The zero-order valence-corrected chi connectivity index (χ0v) is 21.5. The fraction of sp³-hybridized carbons (Fsp3) is 0.357. The minimum absolute atomic E-state index is 0.0565. The molecule has 0 unspecified atom stereocenters. The first-order chi connectivity index (χ1) is 18.8. The van der Waals surface area contributed by atoms with Gasteiger partial charge < -0.3 is 14.7 Å². The van der Waals surface area contributed by atoms with Crippen molar-refractivity contribution in [2.75, 3.05) is 33.2 Å². The van der Waals surface area contributed by atoms with Crippen LogP contribution < -0.4 is 10.3 Å². The van der Waals surface area contributed by atoms with E-state index >= 15 is 0 Å². The van der Waals surface area contributed by atoms with E-state index in [1.807, 2.05) is 24.3 Å². The first-order valence-electron chi connectivity index (χ1n) is 12.9. The minimum atomic E-state index is -1.17. The van der Waals surface area contributed by atoms with Crippen molar-refractivity contribution >= 4 is 16.9 Å². The van der Waals surface area contributed by atoms with E-state index in [-0.39, 0.29) is 24.1 Å². The van der Waals surface area contributed by atoms with Crippen LogP contribution in [0.4, 0.5) is 4.39 Å². The maximum absolute atomic E-state index is 13.3. The van der Waals surface area contributed by atoms with Crippen molar-refractivity contribution in [1.82, 2.24) is 29.1 Å². The van der Waals surface area contributed by atoms with Gasteiger partial charge in [-0.3, -0.25) is 19.1 Å². The van der Waals surface area contributed by atoms with E-state index < -0.39 is 11.4 Å². The molecule has 2 aliphatic heterocycles. The Labute approximate surface area is 223 Å². The summed E-state index contributed by atoms with van der Waals surface area (Å²) in [5.74, 6) is 0.170. The number of hydrogen-bond donors (Lipinski definition) is 1. The highest BCUT2D eigenvalue weighted by atomic mass is 19.1. The molecule has 0 radical (unpaired) electrons. The molecular weight excluding hydrogens is 503 g/mol. The van der Waals surface area contributed by atoms with Crippen LogP contribution in [0.25, 0.3) is 16.7 Å². The Kier molecular flexibility index (Phi) is 6.40. The summed E-state index contributed by atoms with van der Waals surface area (Å²) in [6.07, 6.45) is 3.72. The van der Waals surface area contributed by atoms with E-state index in [2.05, 4.69) is 22.0 Å². The zero-order valence-electron chi connectivity index (χ0n) is 21.5. The molecule has 0 bridgehead atoms. The van der Waals surface area contributed by atoms with Crippen molar-refractivity contribution in [1.29, 1.82) is 0 Å². The minimum Gasteiger partial charge on any atom is -0.488 e. The van der Waals surface area contributed by atoms with Crippen LogP contribution in [-0.4, -0.2) is 85.1 Å². The number of likely N-dealkylation sites (N-methyl/N-ethyl adjacent to an activating group) is 1. The molecule has 0 aliphatic carbocycles. The Hall–Kier alpha value is -4.09. The lowest BCUT2D eigenvalue weighted by Gasteiger charge is -2.38. The molecule has 0 saturated carbocycles. The average Bonchev–Trinajstić information content (AvgIpc) is 3.35. The molecule has 0 atom stereocenters.